The van der Waals surface area contributed by atoms with Gasteiger partial charge in [0.25, 0.3) is 11.6 Å². The molecule has 20 nitrogen and oxygen atoms in total. The average Bonchev–Trinajstić information content (AvgIpc) is 3.33. The molecule has 432 valence electrons. The van der Waals surface area contributed by atoms with Crippen molar-refractivity contribution in [3.8, 4) is 50.3 Å². The number of rotatable bonds is 4. The van der Waals surface area contributed by atoms with Gasteiger partial charge in [0.1, 0.15) is 5.75 Å². The van der Waals surface area contributed by atoms with Crippen molar-refractivity contribution in [2.45, 2.75) is 19.3 Å². The minimum atomic E-state index is -0.792. The molecular weight excluding hydrogens is 1090 g/mol. The Hall–Kier alpha value is -10.4. The summed E-state index contributed by atoms with van der Waals surface area (Å²) >= 11 is 0. The van der Waals surface area contributed by atoms with Crippen LogP contribution in [0, 0.1) is 10.1 Å². The van der Waals surface area contributed by atoms with Gasteiger partial charge in [-0.2, -0.15) is 0 Å². The van der Waals surface area contributed by atoms with Gasteiger partial charge in [0.15, 0.2) is 0 Å². The van der Waals surface area contributed by atoms with E-state index in [1.165, 1.54) is 0 Å². The third-order valence-electron chi connectivity index (χ3n) is 15.4. The topological polar surface area (TPSA) is 276 Å². The van der Waals surface area contributed by atoms with E-state index in [9.17, 15) is 34.4 Å². The molecule has 0 radical (unpaired) electrons. The Balaban J connectivity index is 1.17. The summed E-state index contributed by atoms with van der Waals surface area (Å²) in [6, 6.07) is 40.9. The van der Waals surface area contributed by atoms with Gasteiger partial charge >= 0.3 is 0 Å². The van der Waals surface area contributed by atoms with Crippen LogP contribution in [0.4, 0.5) is 28.4 Å². The fourth-order valence-corrected chi connectivity index (χ4v) is 11.3. The molecule has 5 aromatic carbocycles. The molecule has 1 atom stereocenters. The molecule has 86 heavy (non-hydrogen) atoms. The predicted molar refractivity (Wildman–Crippen MR) is 338 cm³/mol. The maximum absolute atomic E-state index is 14.2. The molecule has 1 unspecified atom stereocenters. The van der Waals surface area contributed by atoms with Crippen LogP contribution in [0.25, 0.3) is 90.9 Å². The summed E-state index contributed by atoms with van der Waals surface area (Å²) in [5.74, 6) is -1.79. The number of non-ortho nitro benzene ring substituents is 1. The van der Waals surface area contributed by atoms with Crippen LogP contribution in [0.5, 0.6) is 5.75 Å². The highest BCUT2D eigenvalue weighted by atomic mass is 16.6. The Labute approximate surface area is 494 Å². The van der Waals surface area contributed by atoms with Crippen LogP contribution < -0.4 is 37.2 Å². The number of para-hydroxylation sites is 4. The highest BCUT2D eigenvalue weighted by Gasteiger charge is 2.25. The zero-order valence-corrected chi connectivity index (χ0v) is 46.8. The van der Waals surface area contributed by atoms with Crippen molar-refractivity contribution in [1.29, 1.82) is 0 Å². The number of aromatic amines is 2. The number of hydrogen-bond acceptors (Lipinski definition) is 13. The first kappa shape index (κ1) is 56.1. The zero-order chi connectivity index (χ0) is 59.1. The maximum Gasteiger partial charge on any atom is 0.270 e. The minimum absolute atomic E-state index is 0.164. The minimum Gasteiger partial charge on any atom is -0.507 e. The first-order chi connectivity index (χ1) is 42.0. The second kappa shape index (κ2) is 25.2. The van der Waals surface area contributed by atoms with Gasteiger partial charge in [0.2, 0.25) is 17.7 Å². The number of nitrogens with one attached hydrogen (secondary N) is 9. The normalized spacial score (nSPS) is 16.0. The molecule has 0 saturated heterocycles. The number of nitrogens with zero attached hydrogens (tertiary/aromatic N) is 4. The molecule has 3 aromatic heterocycles. The SMILES string of the molecule is O=C1CCNCCN2CCNCCC(=O)Nc3ccccc3-c3c4nc(c(-c5ccccc5NC(=O)c5cc([N+](=O)[O-])ccc5O)c5ccc([nH]5)c(c5nc(c(c6ccc3[nH]6)-c3ccccc3N1)C=C5)-c1ccccc1NC(=O)CCNCC2)C=C4. The third-order valence-corrected chi connectivity index (χ3v) is 15.4. The number of fused-ring (bicyclic) bond motifs is 17. The Morgan fingerprint density at radius 1 is 0.488 bits per heavy atom. The lowest BCUT2D eigenvalue weighted by molar-refractivity contribution is -0.384. The fourth-order valence-electron chi connectivity index (χ4n) is 11.3. The number of phenols is 1. The molecule has 12 bridgehead atoms. The Kier molecular flexibility index (Phi) is 16.5. The van der Waals surface area contributed by atoms with Crippen LogP contribution in [0.3, 0.4) is 0 Å². The van der Waals surface area contributed by atoms with Crippen LogP contribution in [0.15, 0.2) is 140 Å². The van der Waals surface area contributed by atoms with Gasteiger partial charge in [-0.15, -0.1) is 0 Å². The van der Waals surface area contributed by atoms with E-state index in [0.29, 0.717) is 171 Å². The largest absolute Gasteiger partial charge is 0.507 e. The Bertz CT molecular complexity index is 4180. The number of aromatic nitrogens is 4. The second-order valence-electron chi connectivity index (χ2n) is 21.1. The number of nitro groups is 1. The maximum atomic E-state index is 14.2. The van der Waals surface area contributed by atoms with Crippen molar-refractivity contribution in [2.75, 3.05) is 80.2 Å². The number of aromatic hydroxyl groups is 1. The van der Waals surface area contributed by atoms with E-state index in [2.05, 4.69) is 52.1 Å². The van der Waals surface area contributed by atoms with Crippen molar-refractivity contribution in [3.05, 3.63) is 178 Å². The predicted octanol–water partition coefficient (Wildman–Crippen LogP) is 10.3. The van der Waals surface area contributed by atoms with E-state index in [0.717, 1.165) is 18.2 Å². The van der Waals surface area contributed by atoms with Gasteiger partial charge in [-0.3, -0.25) is 34.2 Å². The van der Waals surface area contributed by atoms with E-state index < -0.39 is 16.6 Å². The molecule has 10 N–H and O–H groups in total. The zero-order valence-electron chi connectivity index (χ0n) is 46.8. The number of H-pyrrole nitrogens is 2. The number of nitro benzene ring substituents is 1. The molecule has 4 aliphatic heterocycles. The average molecular weight is 1150 g/mol. The lowest BCUT2D eigenvalue weighted by Gasteiger charge is -2.23. The Morgan fingerprint density at radius 3 is 1.27 bits per heavy atom. The van der Waals surface area contributed by atoms with Gasteiger partial charge in [-0.25, -0.2) is 9.97 Å². The van der Waals surface area contributed by atoms with Crippen molar-refractivity contribution < 1.29 is 29.2 Å². The van der Waals surface area contributed by atoms with Gasteiger partial charge < -0.3 is 52.3 Å². The van der Waals surface area contributed by atoms with Gasteiger partial charge in [0, 0.05) is 180 Å². The molecular formula is C66H61N13O7. The van der Waals surface area contributed by atoms with Crippen molar-refractivity contribution in [2.24, 2.45) is 0 Å². The lowest BCUT2D eigenvalue weighted by Crippen LogP contribution is -2.41. The summed E-state index contributed by atoms with van der Waals surface area (Å²) in [6.07, 6.45) is 8.23. The van der Waals surface area contributed by atoms with E-state index in [1.807, 2.05) is 133 Å². The highest BCUT2D eigenvalue weighted by molar-refractivity contribution is 6.11. The summed E-state index contributed by atoms with van der Waals surface area (Å²) in [7, 11) is 0. The monoisotopic (exact) mass is 1150 g/mol. The Morgan fingerprint density at radius 2 is 0.860 bits per heavy atom. The van der Waals surface area contributed by atoms with Crippen molar-refractivity contribution in [3.63, 3.8) is 0 Å². The van der Waals surface area contributed by atoms with Gasteiger partial charge in [-0.1, -0.05) is 72.8 Å². The standard InChI is InChI=1S/C66H61N13O7/c80-58-26-17-40(79(85)86)39-45(58)66(84)77-49-16-8-4-12-44(49)65-56-24-22-54(72-56)63-42-10-2-6-14-47(42)75-60(82)28-31-68-34-37-78-36-33-67-30-27-59(81)74-46-13-5-1-9-41(46)62(50-18-20-52(63)70-50)51-19-21-53(71-51)64(55-23-25-57(65)73-55)43-11-3-7-15-48(43)76-61(83)29-32-69-35-38-78/h1-26,39,67-70,73,80H,27-38H2,(H,74,81)(H,75,82)(H,76,83)(H,77,84). The summed E-state index contributed by atoms with van der Waals surface area (Å²) in [6.45, 7) is 5.24. The van der Waals surface area contributed by atoms with E-state index in [-0.39, 0.29) is 48.2 Å². The first-order valence-corrected chi connectivity index (χ1v) is 28.6. The molecule has 7 heterocycles. The summed E-state index contributed by atoms with van der Waals surface area (Å²) < 4.78 is 0. The molecule has 0 spiro atoms. The number of carbonyl (C=O) groups is 4. The fraction of sp³-hybridized carbons (Fsp3) is 0.182. The van der Waals surface area contributed by atoms with E-state index in [1.54, 1.807) is 12.1 Å². The molecule has 0 aliphatic carbocycles. The summed E-state index contributed by atoms with van der Waals surface area (Å²) in [5, 5.41) is 45.7. The molecule has 0 fully saturated rings. The van der Waals surface area contributed by atoms with Crippen LogP contribution in [-0.2, 0) is 14.4 Å². The number of phenolic OH excluding ortho intramolecular Hbond substituents is 1. The lowest BCUT2D eigenvalue weighted by atomic mass is 10.0. The third kappa shape index (κ3) is 12.2. The van der Waals surface area contributed by atoms with E-state index in [4.69, 9.17) is 9.97 Å². The molecule has 20 heteroatoms. The summed E-state index contributed by atoms with van der Waals surface area (Å²) in [5.41, 5.74) is 10.8. The molecule has 12 rings (SSSR count). The molecule has 4 amide bonds. The molecule has 8 aromatic rings. The van der Waals surface area contributed by atoms with Crippen molar-refractivity contribution in [1.82, 2.24) is 40.8 Å². The van der Waals surface area contributed by atoms with Crippen LogP contribution in [0.2, 0.25) is 0 Å². The smallest absolute Gasteiger partial charge is 0.270 e. The highest BCUT2D eigenvalue weighted by Crippen LogP contribution is 2.43. The number of benzene rings is 5. The number of anilines is 4. The van der Waals surface area contributed by atoms with Gasteiger partial charge in [-0.05, 0) is 78.9 Å². The number of hydrogen-bond donors (Lipinski definition) is 10. The van der Waals surface area contributed by atoms with E-state index >= 15 is 0 Å². The quantitative estimate of drug-likeness (QED) is 0.0581. The van der Waals surface area contributed by atoms with Crippen LogP contribution in [-0.4, -0.2) is 117 Å². The summed E-state index contributed by atoms with van der Waals surface area (Å²) in [4.78, 5) is 88.4. The number of carbonyl (C=O) groups excluding carboxylic acids is 4. The van der Waals surface area contributed by atoms with Gasteiger partial charge in [0.05, 0.1) is 33.3 Å². The molecule has 4 aliphatic rings. The molecule has 0 saturated carbocycles. The number of amides is 4. The second-order valence-corrected chi connectivity index (χ2v) is 21.1. The van der Waals surface area contributed by atoms with Crippen molar-refractivity contribution >= 4 is 98.4 Å². The van der Waals surface area contributed by atoms with Crippen LogP contribution in [0.1, 0.15) is 52.4 Å². The first-order valence-electron chi connectivity index (χ1n) is 28.6. The van der Waals surface area contributed by atoms with Crippen LogP contribution >= 0.6 is 0 Å².